The quantitative estimate of drug-likeness (QED) is 0.882. The van der Waals surface area contributed by atoms with Gasteiger partial charge in [0.2, 0.25) is 0 Å². The minimum absolute atomic E-state index is 0.0622. The van der Waals surface area contributed by atoms with Gasteiger partial charge in [-0.1, -0.05) is 28.1 Å². The molecule has 5 heteroatoms. The van der Waals surface area contributed by atoms with Crippen LogP contribution in [-0.2, 0) is 0 Å². The van der Waals surface area contributed by atoms with E-state index in [1.165, 1.54) is 12.8 Å². The van der Waals surface area contributed by atoms with Gasteiger partial charge in [-0.3, -0.25) is 9.78 Å². The monoisotopic (exact) mass is 373 g/mol. The van der Waals surface area contributed by atoms with Crippen molar-refractivity contribution in [3.63, 3.8) is 0 Å². The van der Waals surface area contributed by atoms with Crippen LogP contribution in [0.3, 0.4) is 0 Å². The molecule has 1 aliphatic heterocycles. The average molecular weight is 374 g/mol. The molecule has 1 N–H and O–H groups in total. The predicted octanol–water partition coefficient (Wildman–Crippen LogP) is 3.94. The van der Waals surface area contributed by atoms with Gasteiger partial charge in [-0.25, -0.2) is 0 Å². The topological polar surface area (TPSA) is 45.2 Å². The van der Waals surface area contributed by atoms with E-state index in [1.54, 1.807) is 6.20 Å². The summed E-state index contributed by atoms with van der Waals surface area (Å²) in [5.41, 5.74) is 2.62. The lowest BCUT2D eigenvalue weighted by Crippen LogP contribution is -2.28. The second-order valence-electron chi connectivity index (χ2n) is 5.84. The Bertz CT molecular complexity index is 681. The Morgan fingerprint density at radius 2 is 1.91 bits per heavy atom. The zero-order chi connectivity index (χ0) is 16.2. The molecule has 0 spiro atoms. The molecule has 1 unspecified atom stereocenters. The molecule has 1 aromatic carbocycles. The molecule has 4 nitrogen and oxygen atoms in total. The Morgan fingerprint density at radius 3 is 2.61 bits per heavy atom. The second kappa shape index (κ2) is 7.13. The Kier molecular flexibility index (Phi) is 4.96. The summed E-state index contributed by atoms with van der Waals surface area (Å²) in [6.45, 7) is 4.09. The van der Waals surface area contributed by atoms with E-state index >= 15 is 0 Å². The molecule has 120 valence electrons. The van der Waals surface area contributed by atoms with Crippen molar-refractivity contribution in [3.8, 4) is 0 Å². The smallest absolute Gasteiger partial charge is 0.270 e. The van der Waals surface area contributed by atoms with Gasteiger partial charge in [0.1, 0.15) is 5.69 Å². The number of nitrogens with zero attached hydrogens (tertiary/aromatic N) is 2. The van der Waals surface area contributed by atoms with E-state index in [-0.39, 0.29) is 11.9 Å². The maximum Gasteiger partial charge on any atom is 0.270 e. The van der Waals surface area contributed by atoms with Crippen molar-refractivity contribution in [2.24, 2.45) is 0 Å². The highest BCUT2D eigenvalue weighted by atomic mass is 79.9. The molecule has 0 aliphatic carbocycles. The zero-order valence-corrected chi connectivity index (χ0v) is 14.7. The molecular weight excluding hydrogens is 354 g/mol. The summed E-state index contributed by atoms with van der Waals surface area (Å²) in [6.07, 6.45) is 4.14. The molecule has 1 aromatic heterocycles. The van der Waals surface area contributed by atoms with Crippen molar-refractivity contribution in [3.05, 3.63) is 58.3 Å². The second-order valence-corrected chi connectivity index (χ2v) is 6.76. The number of hydrogen-bond acceptors (Lipinski definition) is 3. The number of rotatable bonds is 4. The van der Waals surface area contributed by atoms with Crippen LogP contribution in [-0.4, -0.2) is 24.0 Å². The van der Waals surface area contributed by atoms with Gasteiger partial charge in [-0.15, -0.1) is 0 Å². The van der Waals surface area contributed by atoms with Gasteiger partial charge < -0.3 is 10.2 Å². The highest BCUT2D eigenvalue weighted by Gasteiger charge is 2.16. The summed E-state index contributed by atoms with van der Waals surface area (Å²) >= 11 is 3.42. The van der Waals surface area contributed by atoms with Crippen LogP contribution >= 0.6 is 15.9 Å². The van der Waals surface area contributed by atoms with Crippen LogP contribution in [0.25, 0.3) is 0 Å². The first-order valence-electron chi connectivity index (χ1n) is 7.91. The number of carbonyl (C=O) groups excluding carboxylic acids is 1. The first-order valence-corrected chi connectivity index (χ1v) is 8.70. The maximum atomic E-state index is 12.5. The van der Waals surface area contributed by atoms with E-state index in [4.69, 9.17) is 0 Å². The highest BCUT2D eigenvalue weighted by molar-refractivity contribution is 9.10. The fraction of sp³-hybridized carbons (Fsp3) is 0.333. The number of amides is 1. The standard InChI is InChI=1S/C18H20BrN3O/c1-13(14-4-6-15(19)7-5-14)21-18(23)17-12-16(8-9-20-17)22-10-2-3-11-22/h4-9,12-13H,2-3,10-11H2,1H3,(H,21,23). The van der Waals surface area contributed by atoms with Crippen molar-refractivity contribution in [1.82, 2.24) is 10.3 Å². The highest BCUT2D eigenvalue weighted by Crippen LogP contribution is 2.21. The van der Waals surface area contributed by atoms with Crippen LogP contribution in [0, 0.1) is 0 Å². The normalized spacial score (nSPS) is 15.5. The third-order valence-electron chi connectivity index (χ3n) is 4.16. The van der Waals surface area contributed by atoms with Crippen LogP contribution in [0.2, 0.25) is 0 Å². The first kappa shape index (κ1) is 16.0. The van der Waals surface area contributed by atoms with Gasteiger partial charge in [0.25, 0.3) is 5.91 Å². The summed E-state index contributed by atoms with van der Waals surface area (Å²) in [6, 6.07) is 11.8. The van der Waals surface area contributed by atoms with E-state index in [0.29, 0.717) is 5.69 Å². The summed E-state index contributed by atoms with van der Waals surface area (Å²) in [5.74, 6) is -0.138. The van der Waals surface area contributed by atoms with Crippen LogP contribution in [0.4, 0.5) is 5.69 Å². The summed E-state index contributed by atoms with van der Waals surface area (Å²) in [5, 5.41) is 3.01. The van der Waals surface area contributed by atoms with Crippen LogP contribution in [0.1, 0.15) is 41.9 Å². The van der Waals surface area contributed by atoms with E-state index in [2.05, 4.69) is 31.1 Å². The molecule has 2 heterocycles. The first-order chi connectivity index (χ1) is 11.1. The number of carbonyl (C=O) groups is 1. The minimum Gasteiger partial charge on any atom is -0.371 e. The fourth-order valence-electron chi connectivity index (χ4n) is 2.82. The van der Waals surface area contributed by atoms with Crippen LogP contribution in [0.5, 0.6) is 0 Å². The summed E-state index contributed by atoms with van der Waals surface area (Å²) in [7, 11) is 0. The lowest BCUT2D eigenvalue weighted by Gasteiger charge is -2.18. The fourth-order valence-corrected chi connectivity index (χ4v) is 3.09. The van der Waals surface area contributed by atoms with Gasteiger partial charge >= 0.3 is 0 Å². The molecular formula is C18H20BrN3O. The average Bonchev–Trinajstić information content (AvgIpc) is 3.10. The van der Waals surface area contributed by atoms with E-state index in [0.717, 1.165) is 28.8 Å². The molecule has 1 saturated heterocycles. The summed E-state index contributed by atoms with van der Waals surface area (Å²) < 4.78 is 1.03. The number of pyridine rings is 1. The molecule has 1 atom stereocenters. The SMILES string of the molecule is CC(NC(=O)c1cc(N2CCCC2)ccn1)c1ccc(Br)cc1. The molecule has 23 heavy (non-hydrogen) atoms. The lowest BCUT2D eigenvalue weighted by atomic mass is 10.1. The van der Waals surface area contributed by atoms with Crippen LogP contribution < -0.4 is 10.2 Å². The number of benzene rings is 1. The molecule has 0 radical (unpaired) electrons. The zero-order valence-electron chi connectivity index (χ0n) is 13.1. The lowest BCUT2D eigenvalue weighted by molar-refractivity contribution is 0.0935. The van der Waals surface area contributed by atoms with Crippen LogP contribution in [0.15, 0.2) is 47.1 Å². The van der Waals surface area contributed by atoms with Gasteiger partial charge in [0.15, 0.2) is 0 Å². The third kappa shape index (κ3) is 3.91. The Hall–Kier alpha value is -1.88. The number of hydrogen-bond donors (Lipinski definition) is 1. The molecule has 3 rings (SSSR count). The van der Waals surface area contributed by atoms with Crippen molar-refractivity contribution < 1.29 is 4.79 Å². The largest absolute Gasteiger partial charge is 0.371 e. The van der Waals surface area contributed by atoms with E-state index in [9.17, 15) is 4.79 Å². The molecule has 1 aliphatic rings. The van der Waals surface area contributed by atoms with Gasteiger partial charge in [0.05, 0.1) is 6.04 Å². The molecule has 1 fully saturated rings. The number of halogens is 1. The third-order valence-corrected chi connectivity index (χ3v) is 4.69. The van der Waals surface area contributed by atoms with Crippen molar-refractivity contribution in [2.45, 2.75) is 25.8 Å². The van der Waals surface area contributed by atoms with Crippen molar-refractivity contribution >= 4 is 27.5 Å². The van der Waals surface area contributed by atoms with E-state index in [1.807, 2.05) is 43.3 Å². The van der Waals surface area contributed by atoms with Gasteiger partial charge in [-0.05, 0) is 49.6 Å². The predicted molar refractivity (Wildman–Crippen MR) is 95.7 cm³/mol. The van der Waals surface area contributed by atoms with Crippen molar-refractivity contribution in [1.29, 1.82) is 0 Å². The van der Waals surface area contributed by atoms with Crippen molar-refractivity contribution in [2.75, 3.05) is 18.0 Å². The minimum atomic E-state index is -0.138. The molecule has 0 bridgehead atoms. The Labute approximate surface area is 145 Å². The Balaban J connectivity index is 1.70. The molecule has 1 amide bonds. The summed E-state index contributed by atoms with van der Waals surface area (Å²) in [4.78, 5) is 19.0. The Morgan fingerprint density at radius 1 is 1.22 bits per heavy atom. The van der Waals surface area contributed by atoms with Gasteiger partial charge in [0, 0.05) is 29.4 Å². The molecule has 0 saturated carbocycles. The molecule has 2 aromatic rings. The number of anilines is 1. The van der Waals surface area contributed by atoms with Gasteiger partial charge in [-0.2, -0.15) is 0 Å². The number of aromatic nitrogens is 1. The van der Waals surface area contributed by atoms with E-state index < -0.39 is 0 Å². The number of nitrogens with one attached hydrogen (secondary N) is 1. The maximum absolute atomic E-state index is 12.5.